The van der Waals surface area contributed by atoms with Crippen LogP contribution in [-0.2, 0) is 11.2 Å². The fourth-order valence-corrected chi connectivity index (χ4v) is 8.63. The number of hydrogen-bond acceptors (Lipinski definition) is 7. The summed E-state index contributed by atoms with van der Waals surface area (Å²) in [5.74, 6) is 6.51. The summed E-state index contributed by atoms with van der Waals surface area (Å²) in [6, 6.07) is 15.0. The smallest absolute Gasteiger partial charge is 0.303 e. The first-order valence-electron chi connectivity index (χ1n) is 21.2. The number of nitrogens with one attached hydrogen (secondary N) is 1. The number of carboxylic acid groups (broad SMARTS) is 1. The second-order valence-electron chi connectivity index (χ2n) is 17.1. The molecule has 308 valence electrons. The van der Waals surface area contributed by atoms with Crippen LogP contribution in [0.1, 0.15) is 140 Å². The molecule has 8 atom stereocenters. The number of aryl methyl sites for hydroxylation is 1. The molecule has 2 aromatic rings. The van der Waals surface area contributed by atoms with Crippen LogP contribution in [0, 0.1) is 29.6 Å². The van der Waals surface area contributed by atoms with E-state index >= 15 is 0 Å². The van der Waals surface area contributed by atoms with Crippen LogP contribution in [0.5, 0.6) is 5.75 Å². The van der Waals surface area contributed by atoms with E-state index in [1.54, 1.807) is 19.1 Å². The van der Waals surface area contributed by atoms with E-state index in [1.165, 1.54) is 5.56 Å². The molecule has 4 rings (SSSR count). The van der Waals surface area contributed by atoms with E-state index in [9.17, 15) is 35.4 Å². The molecule has 56 heavy (non-hydrogen) atoms. The maximum absolute atomic E-state index is 12.4. The summed E-state index contributed by atoms with van der Waals surface area (Å²) >= 11 is 0. The van der Waals surface area contributed by atoms with Crippen molar-refractivity contribution in [2.24, 2.45) is 17.8 Å². The van der Waals surface area contributed by atoms with Crippen LogP contribution in [0.4, 0.5) is 0 Å². The number of aromatic hydroxyl groups is 1. The number of aliphatic carboxylic acids is 1. The Hall–Kier alpha value is -3.45. The number of aliphatic hydroxyl groups is 4. The number of hydrogen-bond donors (Lipinski definition) is 7. The summed E-state index contributed by atoms with van der Waals surface area (Å²) in [4.78, 5) is 11.7. The van der Waals surface area contributed by atoms with Gasteiger partial charge in [0.2, 0.25) is 0 Å². The highest BCUT2D eigenvalue weighted by molar-refractivity contribution is 5.66. The Morgan fingerprint density at radius 3 is 2.43 bits per heavy atom. The van der Waals surface area contributed by atoms with Gasteiger partial charge in [0.15, 0.2) is 0 Å². The Bertz CT molecular complexity index is 1630. The van der Waals surface area contributed by atoms with E-state index in [0.29, 0.717) is 31.6 Å². The molecule has 7 N–H and O–H groups in total. The fraction of sp³-hybridized carbons (Fsp3) is 0.604. The van der Waals surface area contributed by atoms with Crippen LogP contribution in [0.15, 0.2) is 71.8 Å². The molecule has 2 aromatic carbocycles. The monoisotopic (exact) mass is 772 g/mol. The Balaban J connectivity index is 1.93. The van der Waals surface area contributed by atoms with E-state index < -0.39 is 36.3 Å². The number of rotatable bonds is 19. The van der Waals surface area contributed by atoms with Gasteiger partial charge >= 0.3 is 5.97 Å². The Morgan fingerprint density at radius 1 is 0.982 bits per heavy atom. The van der Waals surface area contributed by atoms with Gasteiger partial charge in [0.05, 0.1) is 30.3 Å². The minimum atomic E-state index is -1.34. The molecule has 0 radical (unpaired) electrons. The van der Waals surface area contributed by atoms with Crippen molar-refractivity contribution in [3.8, 4) is 17.6 Å². The first kappa shape index (κ1) is 45.3. The highest BCUT2D eigenvalue weighted by Crippen LogP contribution is 2.40. The predicted molar refractivity (Wildman–Crippen MR) is 224 cm³/mol. The van der Waals surface area contributed by atoms with Gasteiger partial charge in [-0.2, -0.15) is 0 Å². The van der Waals surface area contributed by atoms with Gasteiger partial charge in [-0.15, -0.1) is 0 Å². The van der Waals surface area contributed by atoms with E-state index in [-0.39, 0.29) is 48.9 Å². The molecule has 1 aliphatic carbocycles. The maximum Gasteiger partial charge on any atom is 0.303 e. The zero-order valence-electron chi connectivity index (χ0n) is 34.3. The third kappa shape index (κ3) is 13.9. The maximum atomic E-state index is 12.4. The molecule has 0 saturated carbocycles. The van der Waals surface area contributed by atoms with Crippen molar-refractivity contribution in [1.29, 1.82) is 0 Å². The normalized spacial score (nSPS) is 24.7. The number of benzene rings is 2. The van der Waals surface area contributed by atoms with Crippen molar-refractivity contribution in [3.63, 3.8) is 0 Å². The predicted octanol–water partition coefficient (Wildman–Crippen LogP) is 8.17. The molecular formula is C48H69NO7. The van der Waals surface area contributed by atoms with Gasteiger partial charge in [0, 0.05) is 24.9 Å². The summed E-state index contributed by atoms with van der Waals surface area (Å²) in [5, 5.41) is 68.4. The number of allylic oxidation sites excluding steroid dienone is 2. The van der Waals surface area contributed by atoms with Gasteiger partial charge in [-0.25, -0.2) is 0 Å². The summed E-state index contributed by atoms with van der Waals surface area (Å²) in [6.07, 6.45) is 12.6. The van der Waals surface area contributed by atoms with E-state index in [2.05, 4.69) is 62.2 Å². The lowest BCUT2D eigenvalue weighted by Crippen LogP contribution is -2.50. The number of phenolic OH excluding ortho intramolecular Hbond substituents is 1. The quantitative estimate of drug-likeness (QED) is 0.0559. The zero-order valence-corrected chi connectivity index (χ0v) is 34.3. The largest absolute Gasteiger partial charge is 0.508 e. The molecular weight excluding hydrogens is 703 g/mol. The van der Waals surface area contributed by atoms with Crippen molar-refractivity contribution in [2.45, 2.75) is 153 Å². The highest BCUT2D eigenvalue weighted by Gasteiger charge is 2.38. The van der Waals surface area contributed by atoms with Gasteiger partial charge in [0.25, 0.3) is 0 Å². The second-order valence-corrected chi connectivity index (χ2v) is 17.1. The van der Waals surface area contributed by atoms with Crippen molar-refractivity contribution >= 4 is 5.97 Å². The van der Waals surface area contributed by atoms with E-state index in [0.717, 1.165) is 73.6 Å². The second kappa shape index (κ2) is 22.5. The first-order valence-corrected chi connectivity index (χ1v) is 21.2. The number of phenols is 1. The molecule has 0 aromatic heterocycles. The third-order valence-corrected chi connectivity index (χ3v) is 12.0. The lowest BCUT2D eigenvalue weighted by atomic mass is 9.72. The van der Waals surface area contributed by atoms with Crippen LogP contribution < -0.4 is 5.32 Å². The molecule has 2 bridgehead atoms. The van der Waals surface area contributed by atoms with Crippen molar-refractivity contribution < 1.29 is 35.4 Å². The molecule has 0 fully saturated rings. The number of unbranched alkanes of at least 4 members (excludes halogenated alkanes) is 2. The molecule has 8 nitrogen and oxygen atoms in total. The third-order valence-electron chi connectivity index (χ3n) is 12.0. The van der Waals surface area contributed by atoms with Crippen LogP contribution in [-0.4, -0.2) is 73.6 Å². The molecule has 8 unspecified atom stereocenters. The van der Waals surface area contributed by atoms with E-state index in [4.69, 9.17) is 0 Å². The average molecular weight is 772 g/mol. The molecule has 0 amide bonds. The fourth-order valence-electron chi connectivity index (χ4n) is 8.63. The Labute approximate surface area is 336 Å². The SMILES string of the molecule is CCCCCC(O)C=CC1=C(CC(O)CO)C2NCC(C)(O)C(c3ccc(O)cc3)C#CC(CC2CCC(CCC(=O)O)CCC(C)C)c2ccccc2CC1. The van der Waals surface area contributed by atoms with Crippen molar-refractivity contribution in [3.05, 3.63) is 88.5 Å². The summed E-state index contributed by atoms with van der Waals surface area (Å²) in [7, 11) is 0. The molecule has 1 aliphatic heterocycles. The summed E-state index contributed by atoms with van der Waals surface area (Å²) in [5.41, 5.74) is 3.75. The Kier molecular flexibility index (Phi) is 18.2. The number of carbonyl (C=O) groups is 1. The highest BCUT2D eigenvalue weighted by atomic mass is 16.4. The van der Waals surface area contributed by atoms with Gasteiger partial charge in [-0.05, 0) is 110 Å². The molecule has 1 heterocycles. The zero-order chi connectivity index (χ0) is 40.7. The standard InChI is InChI=1S/C48H69NO7/c1-5-6-7-11-40(51)24-20-36-19-18-35-10-8-9-12-43(35)38-23-27-45(37-21-25-41(52)26-22-37)48(4,56)32-49-47(44(36)30-42(53)31-50)39(29-38)17-15-34(14-13-33(2)3)16-28-46(54)55/h8-10,12,20-22,24-26,33-34,38-40,42,45,47,49-53,56H,5-7,11,13-19,28-32H2,1-4H3,(H,54,55). The van der Waals surface area contributed by atoms with Crippen LogP contribution in [0.3, 0.4) is 0 Å². The number of fused-ring (bicyclic) bond motifs is 5. The summed E-state index contributed by atoms with van der Waals surface area (Å²) < 4.78 is 0. The van der Waals surface area contributed by atoms with Gasteiger partial charge in [-0.1, -0.05) is 120 Å². The number of aliphatic hydroxyl groups excluding tert-OH is 3. The molecule has 2 aliphatic rings. The summed E-state index contributed by atoms with van der Waals surface area (Å²) in [6.45, 7) is 8.12. The first-order chi connectivity index (χ1) is 26.8. The van der Waals surface area contributed by atoms with Gasteiger partial charge < -0.3 is 36.0 Å². The molecule has 0 spiro atoms. The van der Waals surface area contributed by atoms with Crippen molar-refractivity contribution in [2.75, 3.05) is 13.2 Å². The average Bonchev–Trinajstić information content (AvgIpc) is 3.16. The van der Waals surface area contributed by atoms with Crippen LogP contribution in [0.2, 0.25) is 0 Å². The van der Waals surface area contributed by atoms with E-state index in [1.807, 2.05) is 24.3 Å². The minimum absolute atomic E-state index is 0.0216. The lowest BCUT2D eigenvalue weighted by Gasteiger charge is -2.40. The molecule has 0 saturated heterocycles. The molecule has 8 heteroatoms. The minimum Gasteiger partial charge on any atom is -0.508 e. The van der Waals surface area contributed by atoms with Gasteiger partial charge in [-0.3, -0.25) is 4.79 Å². The lowest BCUT2D eigenvalue weighted by molar-refractivity contribution is -0.137. The van der Waals surface area contributed by atoms with Crippen LogP contribution >= 0.6 is 0 Å². The Morgan fingerprint density at radius 2 is 1.73 bits per heavy atom. The van der Waals surface area contributed by atoms with Crippen molar-refractivity contribution in [1.82, 2.24) is 5.32 Å². The van der Waals surface area contributed by atoms with Crippen LogP contribution in [0.25, 0.3) is 0 Å². The topological polar surface area (TPSA) is 150 Å². The number of carboxylic acids is 1. The van der Waals surface area contributed by atoms with Gasteiger partial charge in [0.1, 0.15) is 5.75 Å². The number of β-amino-alcohol motifs (C(OH)–C–C–N with tert-alkyl or cyclic N) is 1.